The number of benzene rings is 1. The van der Waals surface area contributed by atoms with Crippen molar-refractivity contribution in [3.05, 3.63) is 30.1 Å². The molecule has 0 aliphatic rings. The van der Waals surface area contributed by atoms with Crippen LogP contribution in [0.2, 0.25) is 0 Å². The van der Waals surface area contributed by atoms with Crippen LogP contribution in [-0.2, 0) is 0 Å². The van der Waals surface area contributed by atoms with Gasteiger partial charge in [0.2, 0.25) is 0 Å². The molecule has 1 N–H and O–H groups in total. The average molecular weight is 280 g/mol. The van der Waals surface area contributed by atoms with Gasteiger partial charge in [-0.15, -0.1) is 0 Å². The zero-order valence-corrected chi connectivity index (χ0v) is 13.5. The van der Waals surface area contributed by atoms with Crippen LogP contribution in [0, 0.1) is 11.2 Å². The van der Waals surface area contributed by atoms with Crippen molar-refractivity contribution in [3.63, 3.8) is 0 Å². The van der Waals surface area contributed by atoms with Gasteiger partial charge in [-0.2, -0.15) is 0 Å². The van der Waals surface area contributed by atoms with Gasteiger partial charge < -0.3 is 10.2 Å². The third kappa shape index (κ3) is 4.78. The number of nitrogens with one attached hydrogen (secondary N) is 1. The molecule has 0 spiro atoms. The number of halogens is 1. The molecule has 3 heteroatoms. The molecular weight excluding hydrogens is 251 g/mol. The maximum atomic E-state index is 13.4. The van der Waals surface area contributed by atoms with Crippen LogP contribution in [0.5, 0.6) is 0 Å². The molecule has 0 saturated carbocycles. The monoisotopic (exact) mass is 280 g/mol. The first-order chi connectivity index (χ1) is 9.40. The molecule has 0 amide bonds. The van der Waals surface area contributed by atoms with Gasteiger partial charge in [0.25, 0.3) is 0 Å². The van der Waals surface area contributed by atoms with E-state index in [4.69, 9.17) is 0 Å². The van der Waals surface area contributed by atoms with Gasteiger partial charge in [0.1, 0.15) is 5.82 Å². The lowest BCUT2D eigenvalue weighted by Crippen LogP contribution is -2.47. The standard InChI is InChI=1S/C17H29FN2/c1-6-11-19-14(3)17(4,5)13-20(7-2)16-10-8-9-15(18)12-16/h8-10,12,14,19H,6-7,11,13H2,1-5H3. The summed E-state index contributed by atoms with van der Waals surface area (Å²) in [5.74, 6) is -0.170. The van der Waals surface area contributed by atoms with Gasteiger partial charge in [0.05, 0.1) is 0 Å². The van der Waals surface area contributed by atoms with Crippen LogP contribution >= 0.6 is 0 Å². The molecule has 0 radical (unpaired) electrons. The third-order valence-electron chi connectivity index (χ3n) is 4.03. The fourth-order valence-corrected chi connectivity index (χ4v) is 2.32. The summed E-state index contributed by atoms with van der Waals surface area (Å²) in [7, 11) is 0. The first-order valence-electron chi connectivity index (χ1n) is 7.64. The van der Waals surface area contributed by atoms with E-state index < -0.39 is 0 Å². The zero-order chi connectivity index (χ0) is 15.2. The molecule has 1 aromatic carbocycles. The maximum absolute atomic E-state index is 13.4. The summed E-state index contributed by atoms with van der Waals surface area (Å²) in [5, 5.41) is 3.56. The summed E-state index contributed by atoms with van der Waals surface area (Å²) in [4.78, 5) is 2.24. The van der Waals surface area contributed by atoms with Gasteiger partial charge in [0, 0.05) is 24.8 Å². The summed E-state index contributed by atoms with van der Waals surface area (Å²) < 4.78 is 13.4. The van der Waals surface area contributed by atoms with Crippen molar-refractivity contribution in [1.82, 2.24) is 5.32 Å². The van der Waals surface area contributed by atoms with E-state index in [1.165, 1.54) is 6.07 Å². The summed E-state index contributed by atoms with van der Waals surface area (Å²) in [5.41, 5.74) is 1.08. The highest BCUT2D eigenvalue weighted by Gasteiger charge is 2.27. The predicted molar refractivity (Wildman–Crippen MR) is 85.8 cm³/mol. The highest BCUT2D eigenvalue weighted by atomic mass is 19.1. The Morgan fingerprint density at radius 3 is 2.55 bits per heavy atom. The van der Waals surface area contributed by atoms with Crippen molar-refractivity contribution >= 4 is 5.69 Å². The Hall–Kier alpha value is -1.09. The lowest BCUT2D eigenvalue weighted by Gasteiger charge is -2.38. The Balaban J connectivity index is 2.76. The van der Waals surface area contributed by atoms with Gasteiger partial charge in [-0.25, -0.2) is 4.39 Å². The molecule has 1 aromatic rings. The minimum atomic E-state index is -0.170. The summed E-state index contributed by atoms with van der Waals surface area (Å²) >= 11 is 0. The molecule has 1 unspecified atom stereocenters. The SMILES string of the molecule is CCCNC(C)C(C)(C)CN(CC)c1cccc(F)c1. The van der Waals surface area contributed by atoms with E-state index in [1.54, 1.807) is 12.1 Å². The molecule has 1 atom stereocenters. The molecule has 114 valence electrons. The smallest absolute Gasteiger partial charge is 0.125 e. The van der Waals surface area contributed by atoms with Gasteiger partial charge in [-0.3, -0.25) is 0 Å². The summed E-state index contributed by atoms with van der Waals surface area (Å²) in [6.07, 6.45) is 1.14. The van der Waals surface area contributed by atoms with Crippen LogP contribution in [0.3, 0.4) is 0 Å². The Labute approximate surface area is 123 Å². The lowest BCUT2D eigenvalue weighted by molar-refractivity contribution is 0.261. The maximum Gasteiger partial charge on any atom is 0.125 e. The van der Waals surface area contributed by atoms with E-state index >= 15 is 0 Å². The second kappa shape index (κ2) is 7.63. The second-order valence-corrected chi connectivity index (χ2v) is 6.16. The molecule has 0 aromatic heterocycles. The quantitative estimate of drug-likeness (QED) is 0.772. The van der Waals surface area contributed by atoms with Crippen molar-refractivity contribution in [2.45, 2.75) is 47.1 Å². The Bertz CT molecular complexity index is 404. The van der Waals surface area contributed by atoms with E-state index in [0.717, 1.165) is 31.7 Å². The number of hydrogen-bond donors (Lipinski definition) is 1. The fraction of sp³-hybridized carbons (Fsp3) is 0.647. The molecule has 0 heterocycles. The van der Waals surface area contributed by atoms with Crippen molar-refractivity contribution in [3.8, 4) is 0 Å². The van der Waals surface area contributed by atoms with E-state index in [-0.39, 0.29) is 11.2 Å². The van der Waals surface area contributed by atoms with Crippen LogP contribution in [0.1, 0.15) is 41.0 Å². The molecule has 1 rings (SSSR count). The average Bonchev–Trinajstić information content (AvgIpc) is 2.42. The highest BCUT2D eigenvalue weighted by molar-refractivity contribution is 5.46. The highest BCUT2D eigenvalue weighted by Crippen LogP contribution is 2.26. The van der Waals surface area contributed by atoms with Gasteiger partial charge in [-0.05, 0) is 50.4 Å². The van der Waals surface area contributed by atoms with Gasteiger partial charge in [-0.1, -0.05) is 26.8 Å². The van der Waals surface area contributed by atoms with E-state index in [2.05, 4.69) is 44.8 Å². The van der Waals surface area contributed by atoms with Gasteiger partial charge >= 0.3 is 0 Å². The van der Waals surface area contributed by atoms with Crippen molar-refractivity contribution in [2.24, 2.45) is 5.41 Å². The number of anilines is 1. The molecule has 0 bridgehead atoms. The fourth-order valence-electron chi connectivity index (χ4n) is 2.32. The largest absolute Gasteiger partial charge is 0.371 e. The van der Waals surface area contributed by atoms with Crippen LogP contribution < -0.4 is 10.2 Å². The molecule has 20 heavy (non-hydrogen) atoms. The minimum Gasteiger partial charge on any atom is -0.371 e. The first-order valence-corrected chi connectivity index (χ1v) is 7.64. The zero-order valence-electron chi connectivity index (χ0n) is 13.5. The van der Waals surface area contributed by atoms with Crippen molar-refractivity contribution in [2.75, 3.05) is 24.5 Å². The molecule has 0 saturated heterocycles. The summed E-state index contributed by atoms with van der Waals surface area (Å²) in [6.45, 7) is 13.9. The van der Waals surface area contributed by atoms with Crippen LogP contribution in [0.25, 0.3) is 0 Å². The van der Waals surface area contributed by atoms with Gasteiger partial charge in [0.15, 0.2) is 0 Å². The number of rotatable bonds is 8. The normalized spacial score (nSPS) is 13.3. The molecule has 0 aliphatic heterocycles. The lowest BCUT2D eigenvalue weighted by atomic mass is 9.84. The van der Waals surface area contributed by atoms with E-state index in [0.29, 0.717) is 6.04 Å². The van der Waals surface area contributed by atoms with Crippen LogP contribution in [0.4, 0.5) is 10.1 Å². The molecule has 2 nitrogen and oxygen atoms in total. The third-order valence-corrected chi connectivity index (χ3v) is 4.03. The Morgan fingerprint density at radius 2 is 2.00 bits per heavy atom. The Morgan fingerprint density at radius 1 is 1.30 bits per heavy atom. The van der Waals surface area contributed by atoms with Crippen LogP contribution in [-0.4, -0.2) is 25.7 Å². The van der Waals surface area contributed by atoms with Crippen LogP contribution in [0.15, 0.2) is 24.3 Å². The second-order valence-electron chi connectivity index (χ2n) is 6.16. The summed E-state index contributed by atoms with van der Waals surface area (Å²) in [6, 6.07) is 7.29. The van der Waals surface area contributed by atoms with E-state index in [9.17, 15) is 4.39 Å². The van der Waals surface area contributed by atoms with Crippen molar-refractivity contribution in [1.29, 1.82) is 0 Å². The molecular formula is C17H29FN2. The Kier molecular flexibility index (Phi) is 6.47. The van der Waals surface area contributed by atoms with E-state index in [1.807, 2.05) is 6.07 Å². The number of hydrogen-bond acceptors (Lipinski definition) is 2. The molecule has 0 fully saturated rings. The topological polar surface area (TPSA) is 15.3 Å². The first kappa shape index (κ1) is 17.0. The minimum absolute atomic E-state index is 0.123. The molecule has 0 aliphatic carbocycles. The number of nitrogens with zero attached hydrogens (tertiary/aromatic N) is 1. The van der Waals surface area contributed by atoms with Crippen molar-refractivity contribution < 1.29 is 4.39 Å². The predicted octanol–water partition coefficient (Wildman–Crippen LogP) is 4.07.